The Morgan fingerprint density at radius 2 is 2.30 bits per heavy atom. The lowest BCUT2D eigenvalue weighted by Gasteiger charge is -2.34. The van der Waals surface area contributed by atoms with Gasteiger partial charge in [0.1, 0.15) is 6.04 Å². The molecule has 2 rings (SSSR count). The van der Waals surface area contributed by atoms with Crippen molar-refractivity contribution >= 4 is 5.97 Å². The topological polar surface area (TPSA) is 69.2 Å². The second-order valence-corrected chi connectivity index (χ2v) is 5.05. The van der Waals surface area contributed by atoms with Crippen LogP contribution >= 0.6 is 0 Å². The molecule has 8 heteroatoms. The number of carboxylic acid groups (broad SMARTS) is 1. The molecular formula is C12H16F3N3O2. The minimum atomic E-state index is -4.46. The number of carbonyl (C=O) groups is 1. The molecular weight excluding hydrogens is 275 g/mol. The Morgan fingerprint density at radius 3 is 2.85 bits per heavy atom. The van der Waals surface area contributed by atoms with Crippen LogP contribution in [0.5, 0.6) is 0 Å². The van der Waals surface area contributed by atoms with Crippen LogP contribution in [0.1, 0.15) is 37.1 Å². The number of nitrogens with zero attached hydrogens (tertiary/aromatic N) is 2. The molecule has 1 aromatic heterocycles. The highest BCUT2D eigenvalue weighted by atomic mass is 19.4. The van der Waals surface area contributed by atoms with Crippen molar-refractivity contribution in [3.8, 4) is 0 Å². The summed E-state index contributed by atoms with van der Waals surface area (Å²) in [5.41, 5.74) is -0.518. The van der Waals surface area contributed by atoms with Crippen LogP contribution in [0.3, 0.4) is 0 Å². The number of aromatic nitrogens is 2. The van der Waals surface area contributed by atoms with Gasteiger partial charge in [-0.2, -0.15) is 18.3 Å². The molecule has 2 heterocycles. The molecule has 0 amide bonds. The largest absolute Gasteiger partial charge is 0.480 e. The maximum Gasteiger partial charge on any atom is 0.435 e. The Balaban J connectivity index is 2.09. The number of halogens is 3. The van der Waals surface area contributed by atoms with E-state index in [1.165, 1.54) is 0 Å². The summed E-state index contributed by atoms with van der Waals surface area (Å²) >= 11 is 0. The number of aliphatic carboxylic acids is 1. The molecule has 2 N–H and O–H groups in total. The van der Waals surface area contributed by atoms with Crippen LogP contribution in [-0.2, 0) is 11.0 Å². The minimum Gasteiger partial charge on any atom is -0.480 e. The molecule has 1 aromatic rings. The molecule has 0 aliphatic carbocycles. The van der Waals surface area contributed by atoms with Gasteiger partial charge in [0, 0.05) is 18.2 Å². The second-order valence-electron chi connectivity index (χ2n) is 5.05. The Morgan fingerprint density at radius 1 is 1.60 bits per heavy atom. The van der Waals surface area contributed by atoms with Gasteiger partial charge in [-0.3, -0.25) is 14.8 Å². The highest BCUT2D eigenvalue weighted by Gasteiger charge is 2.35. The number of rotatable bonds is 3. The highest BCUT2D eigenvalue weighted by Crippen LogP contribution is 2.32. The minimum absolute atomic E-state index is 0.144. The van der Waals surface area contributed by atoms with Crippen molar-refractivity contribution in [2.45, 2.75) is 37.9 Å². The summed E-state index contributed by atoms with van der Waals surface area (Å²) < 4.78 is 37.5. The van der Waals surface area contributed by atoms with Crippen LogP contribution in [0.15, 0.2) is 6.07 Å². The SMILES string of the molecule is CC(C(=O)O)N1CCCC(c2cc(C(F)(F)F)n[nH]2)C1. The first-order chi connectivity index (χ1) is 9.29. The normalized spacial score (nSPS) is 22.7. The van der Waals surface area contributed by atoms with Gasteiger partial charge >= 0.3 is 12.1 Å². The fourth-order valence-electron chi connectivity index (χ4n) is 2.46. The molecule has 1 fully saturated rings. The summed E-state index contributed by atoms with van der Waals surface area (Å²) in [6.07, 6.45) is -2.98. The van der Waals surface area contributed by atoms with Gasteiger partial charge in [0.15, 0.2) is 5.69 Å². The van der Waals surface area contributed by atoms with Crippen LogP contribution in [0.4, 0.5) is 13.2 Å². The van der Waals surface area contributed by atoms with Gasteiger partial charge in [0.05, 0.1) is 0 Å². The zero-order valence-corrected chi connectivity index (χ0v) is 10.9. The van der Waals surface area contributed by atoms with E-state index < -0.39 is 23.9 Å². The summed E-state index contributed by atoms with van der Waals surface area (Å²) in [5.74, 6) is -1.07. The molecule has 0 aromatic carbocycles. The number of H-pyrrole nitrogens is 1. The first-order valence-electron chi connectivity index (χ1n) is 6.38. The van der Waals surface area contributed by atoms with E-state index in [0.717, 1.165) is 18.9 Å². The number of alkyl halides is 3. The second kappa shape index (κ2) is 5.43. The predicted octanol–water partition coefficient (Wildman–Crippen LogP) is 2.08. The van der Waals surface area contributed by atoms with E-state index in [-0.39, 0.29) is 5.92 Å². The molecule has 1 aliphatic rings. The van der Waals surface area contributed by atoms with Crippen LogP contribution in [0, 0.1) is 0 Å². The highest BCUT2D eigenvalue weighted by molar-refractivity contribution is 5.72. The summed E-state index contributed by atoms with van der Waals surface area (Å²) in [5, 5.41) is 14.7. The van der Waals surface area contributed by atoms with Crippen molar-refractivity contribution in [1.29, 1.82) is 0 Å². The lowest BCUT2D eigenvalue weighted by Crippen LogP contribution is -2.44. The van der Waals surface area contributed by atoms with Gasteiger partial charge in [0.25, 0.3) is 0 Å². The van der Waals surface area contributed by atoms with E-state index in [9.17, 15) is 18.0 Å². The standard InChI is InChI=1S/C12H16F3N3O2/c1-7(11(19)20)18-4-2-3-8(6-18)9-5-10(17-16-9)12(13,14)15/h5,7-8H,2-4,6H2,1H3,(H,16,17)(H,19,20). The summed E-state index contributed by atoms with van der Waals surface area (Å²) in [6, 6.07) is 0.377. The Hall–Kier alpha value is -1.57. The van der Waals surface area contributed by atoms with Gasteiger partial charge in [0.2, 0.25) is 0 Å². The van der Waals surface area contributed by atoms with Crippen molar-refractivity contribution in [1.82, 2.24) is 15.1 Å². The molecule has 0 radical (unpaired) electrons. The molecule has 1 saturated heterocycles. The van der Waals surface area contributed by atoms with Crippen LogP contribution in [0.25, 0.3) is 0 Å². The zero-order valence-electron chi connectivity index (χ0n) is 10.9. The molecule has 0 bridgehead atoms. The lowest BCUT2D eigenvalue weighted by molar-refractivity contribution is -0.143. The molecule has 2 unspecified atom stereocenters. The van der Waals surface area contributed by atoms with E-state index in [4.69, 9.17) is 5.11 Å². The third-order valence-electron chi connectivity index (χ3n) is 3.69. The summed E-state index contributed by atoms with van der Waals surface area (Å²) in [7, 11) is 0. The number of likely N-dealkylation sites (tertiary alicyclic amines) is 1. The smallest absolute Gasteiger partial charge is 0.435 e. The van der Waals surface area contributed by atoms with Gasteiger partial charge in [-0.15, -0.1) is 0 Å². The van der Waals surface area contributed by atoms with Crippen molar-refractivity contribution in [3.05, 3.63) is 17.5 Å². The summed E-state index contributed by atoms with van der Waals surface area (Å²) in [6.45, 7) is 2.65. The van der Waals surface area contributed by atoms with Gasteiger partial charge in [-0.1, -0.05) is 0 Å². The first-order valence-corrected chi connectivity index (χ1v) is 6.38. The number of carboxylic acids is 1. The molecule has 112 valence electrons. The average molecular weight is 291 g/mol. The van der Waals surface area contributed by atoms with Crippen molar-refractivity contribution in [3.63, 3.8) is 0 Å². The molecule has 20 heavy (non-hydrogen) atoms. The number of nitrogens with one attached hydrogen (secondary N) is 1. The maximum atomic E-state index is 12.5. The molecule has 0 spiro atoms. The quantitative estimate of drug-likeness (QED) is 0.894. The Bertz CT molecular complexity index is 487. The number of hydrogen-bond acceptors (Lipinski definition) is 3. The number of hydrogen-bond donors (Lipinski definition) is 2. The third kappa shape index (κ3) is 3.12. The van der Waals surface area contributed by atoms with Gasteiger partial charge in [-0.25, -0.2) is 0 Å². The number of aromatic amines is 1. The van der Waals surface area contributed by atoms with Crippen molar-refractivity contribution in [2.75, 3.05) is 13.1 Å². The zero-order chi connectivity index (χ0) is 14.9. The molecule has 2 atom stereocenters. The van der Waals surface area contributed by atoms with Crippen LogP contribution in [-0.4, -0.2) is 45.3 Å². The maximum absolute atomic E-state index is 12.5. The molecule has 5 nitrogen and oxygen atoms in total. The van der Waals surface area contributed by atoms with E-state index in [1.54, 1.807) is 11.8 Å². The number of piperidine rings is 1. The van der Waals surface area contributed by atoms with Gasteiger partial charge < -0.3 is 5.11 Å². The fourth-order valence-corrected chi connectivity index (χ4v) is 2.46. The third-order valence-corrected chi connectivity index (χ3v) is 3.69. The Kier molecular flexibility index (Phi) is 4.03. The van der Waals surface area contributed by atoms with Crippen LogP contribution in [0.2, 0.25) is 0 Å². The van der Waals surface area contributed by atoms with E-state index >= 15 is 0 Å². The van der Waals surface area contributed by atoms with Gasteiger partial charge in [-0.05, 0) is 32.4 Å². The fraction of sp³-hybridized carbons (Fsp3) is 0.667. The lowest BCUT2D eigenvalue weighted by atomic mass is 9.93. The molecule has 0 saturated carbocycles. The van der Waals surface area contributed by atoms with E-state index in [0.29, 0.717) is 18.8 Å². The van der Waals surface area contributed by atoms with E-state index in [2.05, 4.69) is 10.2 Å². The van der Waals surface area contributed by atoms with Crippen molar-refractivity contribution in [2.24, 2.45) is 0 Å². The molecule has 1 aliphatic heterocycles. The predicted molar refractivity (Wildman–Crippen MR) is 64.2 cm³/mol. The van der Waals surface area contributed by atoms with Crippen LogP contribution < -0.4 is 0 Å². The average Bonchev–Trinajstić information content (AvgIpc) is 2.87. The van der Waals surface area contributed by atoms with Crippen molar-refractivity contribution < 1.29 is 23.1 Å². The monoisotopic (exact) mass is 291 g/mol. The Labute approximate surface area is 113 Å². The first kappa shape index (κ1) is 14.8. The van der Waals surface area contributed by atoms with E-state index in [1.807, 2.05) is 0 Å². The summed E-state index contributed by atoms with van der Waals surface area (Å²) in [4.78, 5) is 12.7.